The van der Waals surface area contributed by atoms with Gasteiger partial charge in [-0.15, -0.1) is 0 Å². The molecule has 0 radical (unpaired) electrons. The fourth-order valence-electron chi connectivity index (χ4n) is 3.21. The lowest BCUT2D eigenvalue weighted by atomic mass is 10.1. The van der Waals surface area contributed by atoms with E-state index in [2.05, 4.69) is 5.32 Å². The van der Waals surface area contributed by atoms with Gasteiger partial charge in [0.15, 0.2) is 6.61 Å². The van der Waals surface area contributed by atoms with Gasteiger partial charge in [-0.3, -0.25) is 14.4 Å². The molecular formula is C23H14Cl2N2O5. The largest absolute Gasteiger partial charge is 0.452 e. The standard InChI is InChI=1S/C23H14Cl2N2O5/c24-14-9-15(25)11-16(10-14)26-20(28)12-32-23(31)13-5-7-17(8-6-13)27-21(29)18-3-1-2-4-19(18)22(27)30/h1-11H,12H2,(H,26,28). The van der Waals surface area contributed by atoms with Crippen molar-refractivity contribution in [3.05, 3.63) is 93.5 Å². The number of esters is 1. The summed E-state index contributed by atoms with van der Waals surface area (Å²) in [5.41, 5.74) is 1.50. The van der Waals surface area contributed by atoms with Crippen LogP contribution in [0.15, 0.2) is 66.7 Å². The van der Waals surface area contributed by atoms with E-state index >= 15 is 0 Å². The summed E-state index contributed by atoms with van der Waals surface area (Å²) in [6.07, 6.45) is 0. The molecule has 4 rings (SSSR count). The topological polar surface area (TPSA) is 92.8 Å². The molecule has 0 bridgehead atoms. The zero-order valence-electron chi connectivity index (χ0n) is 16.3. The molecule has 0 unspecified atom stereocenters. The van der Waals surface area contributed by atoms with Gasteiger partial charge in [-0.05, 0) is 54.6 Å². The van der Waals surface area contributed by atoms with Crippen LogP contribution in [0.3, 0.4) is 0 Å². The fraction of sp³-hybridized carbons (Fsp3) is 0.0435. The summed E-state index contributed by atoms with van der Waals surface area (Å²) in [5, 5.41) is 3.23. The van der Waals surface area contributed by atoms with Gasteiger partial charge in [0, 0.05) is 15.7 Å². The quantitative estimate of drug-likeness (QED) is 0.436. The van der Waals surface area contributed by atoms with Crippen LogP contribution in [0.4, 0.5) is 11.4 Å². The van der Waals surface area contributed by atoms with Crippen LogP contribution >= 0.6 is 23.2 Å². The minimum atomic E-state index is -0.738. The monoisotopic (exact) mass is 468 g/mol. The number of anilines is 2. The lowest BCUT2D eigenvalue weighted by Crippen LogP contribution is -2.29. The Morgan fingerprint density at radius 3 is 1.97 bits per heavy atom. The highest BCUT2D eigenvalue weighted by molar-refractivity contribution is 6.35. The zero-order valence-corrected chi connectivity index (χ0v) is 17.8. The molecule has 32 heavy (non-hydrogen) atoms. The molecule has 3 aromatic rings. The van der Waals surface area contributed by atoms with Crippen LogP contribution in [-0.2, 0) is 9.53 Å². The number of carbonyl (C=O) groups excluding carboxylic acids is 4. The number of carbonyl (C=O) groups is 4. The van der Waals surface area contributed by atoms with Crippen molar-refractivity contribution >= 4 is 58.3 Å². The summed E-state index contributed by atoms with van der Waals surface area (Å²) in [6, 6.07) is 16.8. The first-order chi connectivity index (χ1) is 15.3. The minimum Gasteiger partial charge on any atom is -0.452 e. The molecule has 1 aliphatic heterocycles. The van der Waals surface area contributed by atoms with Gasteiger partial charge in [0.1, 0.15) is 0 Å². The third kappa shape index (κ3) is 4.34. The van der Waals surface area contributed by atoms with E-state index in [1.807, 2.05) is 0 Å². The van der Waals surface area contributed by atoms with Gasteiger partial charge in [0.2, 0.25) is 0 Å². The van der Waals surface area contributed by atoms with Crippen molar-refractivity contribution in [2.24, 2.45) is 0 Å². The summed E-state index contributed by atoms with van der Waals surface area (Å²) in [7, 11) is 0. The first-order valence-corrected chi connectivity index (χ1v) is 10.1. The molecule has 3 aromatic carbocycles. The molecule has 7 nitrogen and oxygen atoms in total. The van der Waals surface area contributed by atoms with E-state index in [0.29, 0.717) is 32.5 Å². The molecule has 1 aliphatic rings. The Hall–Kier alpha value is -3.68. The van der Waals surface area contributed by atoms with Gasteiger partial charge in [0.25, 0.3) is 17.7 Å². The van der Waals surface area contributed by atoms with E-state index in [0.717, 1.165) is 4.90 Å². The average Bonchev–Trinajstić information content (AvgIpc) is 3.02. The Balaban J connectivity index is 1.38. The highest BCUT2D eigenvalue weighted by atomic mass is 35.5. The van der Waals surface area contributed by atoms with Crippen molar-refractivity contribution in [3.63, 3.8) is 0 Å². The molecule has 0 spiro atoms. The SMILES string of the molecule is O=C(COC(=O)c1ccc(N2C(=O)c3ccccc3C2=O)cc1)Nc1cc(Cl)cc(Cl)c1. The Morgan fingerprint density at radius 2 is 1.41 bits per heavy atom. The number of nitrogens with one attached hydrogen (secondary N) is 1. The maximum Gasteiger partial charge on any atom is 0.338 e. The number of nitrogens with zero attached hydrogens (tertiary/aromatic N) is 1. The zero-order chi connectivity index (χ0) is 22.8. The van der Waals surface area contributed by atoms with Crippen LogP contribution in [0, 0.1) is 0 Å². The van der Waals surface area contributed by atoms with E-state index in [9.17, 15) is 19.2 Å². The molecule has 0 atom stereocenters. The highest BCUT2D eigenvalue weighted by Crippen LogP contribution is 2.28. The van der Waals surface area contributed by atoms with Crippen molar-refractivity contribution in [2.75, 3.05) is 16.8 Å². The number of imide groups is 1. The smallest absolute Gasteiger partial charge is 0.338 e. The predicted octanol–water partition coefficient (Wildman–Crippen LogP) is 4.59. The summed E-state index contributed by atoms with van der Waals surface area (Å²) >= 11 is 11.8. The summed E-state index contributed by atoms with van der Waals surface area (Å²) < 4.78 is 5.02. The van der Waals surface area contributed by atoms with Gasteiger partial charge >= 0.3 is 5.97 Å². The molecule has 0 saturated heterocycles. The molecular weight excluding hydrogens is 455 g/mol. The molecule has 3 amide bonds. The van der Waals surface area contributed by atoms with E-state index in [-0.39, 0.29) is 5.56 Å². The molecule has 160 valence electrons. The highest BCUT2D eigenvalue weighted by Gasteiger charge is 2.36. The molecule has 0 aromatic heterocycles. The maximum absolute atomic E-state index is 12.5. The first-order valence-electron chi connectivity index (χ1n) is 9.34. The number of ether oxygens (including phenoxy) is 1. The minimum absolute atomic E-state index is 0.156. The molecule has 1 heterocycles. The second kappa shape index (κ2) is 8.82. The van der Waals surface area contributed by atoms with Crippen molar-refractivity contribution in [3.8, 4) is 0 Å². The number of amides is 3. The average molecular weight is 469 g/mol. The Morgan fingerprint density at radius 1 is 0.844 bits per heavy atom. The van der Waals surface area contributed by atoms with Crippen LogP contribution in [0.5, 0.6) is 0 Å². The van der Waals surface area contributed by atoms with Crippen LogP contribution in [0.25, 0.3) is 0 Å². The maximum atomic E-state index is 12.5. The number of fused-ring (bicyclic) bond motifs is 1. The van der Waals surface area contributed by atoms with E-state index in [1.165, 1.54) is 42.5 Å². The lowest BCUT2D eigenvalue weighted by molar-refractivity contribution is -0.119. The van der Waals surface area contributed by atoms with E-state index < -0.39 is 30.3 Å². The number of benzene rings is 3. The van der Waals surface area contributed by atoms with Crippen LogP contribution in [-0.4, -0.2) is 30.3 Å². The summed E-state index contributed by atoms with van der Waals surface area (Å²) in [5.74, 6) is -2.17. The third-order valence-corrected chi connectivity index (χ3v) is 5.07. The molecule has 0 fully saturated rings. The number of halogens is 2. The summed E-state index contributed by atoms with van der Waals surface area (Å²) in [6.45, 7) is -0.525. The van der Waals surface area contributed by atoms with E-state index in [1.54, 1.807) is 24.3 Å². The van der Waals surface area contributed by atoms with Gasteiger partial charge in [-0.2, -0.15) is 0 Å². The van der Waals surface area contributed by atoms with Crippen molar-refractivity contribution in [1.82, 2.24) is 0 Å². The molecule has 1 N–H and O–H groups in total. The Kier molecular flexibility index (Phi) is 5.94. The Labute approximate surface area is 192 Å². The first kappa shape index (κ1) is 21.5. The number of rotatable bonds is 5. The third-order valence-electron chi connectivity index (χ3n) is 4.64. The molecule has 9 heteroatoms. The van der Waals surface area contributed by atoms with Gasteiger partial charge < -0.3 is 10.1 Å². The lowest BCUT2D eigenvalue weighted by Gasteiger charge is -2.14. The second-order valence-corrected chi connectivity index (χ2v) is 7.69. The van der Waals surface area contributed by atoms with E-state index in [4.69, 9.17) is 27.9 Å². The van der Waals surface area contributed by atoms with Crippen molar-refractivity contribution < 1.29 is 23.9 Å². The second-order valence-electron chi connectivity index (χ2n) is 6.82. The normalized spacial score (nSPS) is 12.5. The van der Waals surface area contributed by atoms with Crippen LogP contribution in [0.1, 0.15) is 31.1 Å². The summed E-state index contributed by atoms with van der Waals surface area (Å²) in [4.78, 5) is 50.4. The van der Waals surface area contributed by atoms with Crippen LogP contribution < -0.4 is 10.2 Å². The predicted molar refractivity (Wildman–Crippen MR) is 119 cm³/mol. The van der Waals surface area contributed by atoms with Gasteiger partial charge in [0.05, 0.1) is 22.4 Å². The van der Waals surface area contributed by atoms with Gasteiger partial charge in [-0.1, -0.05) is 35.3 Å². The Bertz CT molecular complexity index is 1200. The van der Waals surface area contributed by atoms with Crippen LogP contribution in [0.2, 0.25) is 10.0 Å². The molecule has 0 aliphatic carbocycles. The number of hydrogen-bond acceptors (Lipinski definition) is 5. The van der Waals surface area contributed by atoms with Crippen molar-refractivity contribution in [2.45, 2.75) is 0 Å². The van der Waals surface area contributed by atoms with Crippen molar-refractivity contribution in [1.29, 1.82) is 0 Å². The molecule has 0 saturated carbocycles. The fourth-order valence-corrected chi connectivity index (χ4v) is 3.73. The van der Waals surface area contributed by atoms with Gasteiger partial charge in [-0.25, -0.2) is 9.69 Å². The number of hydrogen-bond donors (Lipinski definition) is 1.